The number of anilines is 2. The van der Waals surface area contributed by atoms with Crippen molar-refractivity contribution >= 4 is 40.6 Å². The van der Waals surface area contributed by atoms with Gasteiger partial charge in [0.2, 0.25) is 5.91 Å². The Hall–Kier alpha value is -3.92. The number of nitrogens with two attached hydrogens (primary N) is 1. The Kier molecular flexibility index (Phi) is 9.41. The van der Waals surface area contributed by atoms with Crippen LogP contribution in [0.4, 0.5) is 11.4 Å². The van der Waals surface area contributed by atoms with Gasteiger partial charge < -0.3 is 21.1 Å². The van der Waals surface area contributed by atoms with E-state index in [0.29, 0.717) is 17.0 Å². The number of para-hydroxylation sites is 1. The smallest absolute Gasteiger partial charge is 0.273 e. The van der Waals surface area contributed by atoms with Crippen molar-refractivity contribution in [3.05, 3.63) is 70.2 Å². The molecule has 2 aromatic carbocycles. The summed E-state index contributed by atoms with van der Waals surface area (Å²) in [4.78, 5) is 43.3. The van der Waals surface area contributed by atoms with Crippen LogP contribution in [0, 0.1) is 6.92 Å². The highest BCUT2D eigenvalue weighted by Crippen LogP contribution is 2.36. The van der Waals surface area contributed by atoms with Gasteiger partial charge in [0.05, 0.1) is 12.8 Å². The Morgan fingerprint density at radius 1 is 0.929 bits per heavy atom. The zero-order valence-corrected chi connectivity index (χ0v) is 25.0. The van der Waals surface area contributed by atoms with Crippen molar-refractivity contribution in [3.63, 3.8) is 0 Å². The first kappa shape index (κ1) is 29.6. The summed E-state index contributed by atoms with van der Waals surface area (Å²) < 4.78 is 9.67. The normalized spacial score (nSPS) is 16.5. The van der Waals surface area contributed by atoms with Crippen molar-refractivity contribution in [2.75, 3.05) is 17.7 Å². The zero-order chi connectivity index (χ0) is 29.6. The minimum Gasteiger partial charge on any atom is -0.497 e. The minimum absolute atomic E-state index is 0.0292. The number of nitrogens with zero attached hydrogens (tertiary/aromatic N) is 2. The van der Waals surface area contributed by atoms with Gasteiger partial charge in [0.1, 0.15) is 16.7 Å². The monoisotopic (exact) mass is 589 g/mol. The summed E-state index contributed by atoms with van der Waals surface area (Å²) >= 11 is 0.888. The van der Waals surface area contributed by atoms with Crippen molar-refractivity contribution < 1.29 is 19.1 Å². The van der Waals surface area contributed by atoms with Crippen molar-refractivity contribution in [1.29, 1.82) is 0 Å². The fourth-order valence-electron chi connectivity index (χ4n) is 5.98. The van der Waals surface area contributed by atoms with Crippen LogP contribution in [-0.4, -0.2) is 41.3 Å². The van der Waals surface area contributed by atoms with Crippen molar-refractivity contribution in [1.82, 2.24) is 15.0 Å². The van der Waals surface area contributed by atoms with E-state index >= 15 is 0 Å². The van der Waals surface area contributed by atoms with E-state index in [-0.39, 0.29) is 40.2 Å². The van der Waals surface area contributed by atoms with Crippen molar-refractivity contribution in [3.8, 4) is 5.75 Å². The lowest BCUT2D eigenvalue weighted by Crippen LogP contribution is -2.46. The third kappa shape index (κ3) is 6.43. The van der Waals surface area contributed by atoms with Crippen molar-refractivity contribution in [2.24, 2.45) is 0 Å². The van der Waals surface area contributed by atoms with Gasteiger partial charge in [-0.25, -0.2) is 0 Å². The highest BCUT2D eigenvalue weighted by atomic mass is 32.1. The van der Waals surface area contributed by atoms with Crippen LogP contribution < -0.4 is 26.0 Å². The predicted octanol–water partition coefficient (Wildman–Crippen LogP) is 5.55. The van der Waals surface area contributed by atoms with Crippen LogP contribution in [0.1, 0.15) is 95.1 Å². The van der Waals surface area contributed by atoms with E-state index in [2.05, 4.69) is 15.0 Å². The molecule has 10 heteroatoms. The largest absolute Gasteiger partial charge is 0.497 e. The number of nitrogen functional groups attached to an aromatic ring is 1. The van der Waals surface area contributed by atoms with Crippen LogP contribution in [-0.2, 0) is 4.79 Å². The SMILES string of the molecule is COc1ccc(C(C(=O)NC2CCCC2)N(C(=O)c2snc(C(=O)NC3CCCCC3)c2N)c2ccccc2C)cc1. The molecule has 2 saturated carbocycles. The van der Waals surface area contributed by atoms with E-state index < -0.39 is 11.9 Å². The van der Waals surface area contributed by atoms with Crippen molar-refractivity contribution in [2.45, 2.75) is 82.8 Å². The number of hydrogen-bond donors (Lipinski definition) is 3. The van der Waals surface area contributed by atoms with Crippen LogP contribution >= 0.6 is 11.5 Å². The molecule has 2 aliphatic rings. The first-order chi connectivity index (χ1) is 20.4. The zero-order valence-electron chi connectivity index (χ0n) is 24.2. The van der Waals surface area contributed by atoms with Gasteiger partial charge >= 0.3 is 0 Å². The molecule has 9 nitrogen and oxygen atoms in total. The number of ether oxygens (including phenoxy) is 1. The van der Waals surface area contributed by atoms with Gasteiger partial charge in [-0.05, 0) is 73.5 Å². The summed E-state index contributed by atoms with van der Waals surface area (Å²) in [7, 11) is 1.58. The van der Waals surface area contributed by atoms with Gasteiger partial charge in [-0.2, -0.15) is 4.37 Å². The lowest BCUT2D eigenvalue weighted by atomic mass is 9.95. The summed E-state index contributed by atoms with van der Waals surface area (Å²) in [5.74, 6) is -0.494. The molecule has 0 aliphatic heterocycles. The lowest BCUT2D eigenvalue weighted by Gasteiger charge is -2.33. The predicted molar refractivity (Wildman–Crippen MR) is 165 cm³/mol. The number of hydrogen-bond acceptors (Lipinski definition) is 7. The molecular formula is C32H39N5O4S. The quantitative estimate of drug-likeness (QED) is 0.300. The van der Waals surface area contributed by atoms with Crippen LogP contribution in [0.15, 0.2) is 48.5 Å². The third-order valence-electron chi connectivity index (χ3n) is 8.31. The number of carbonyl (C=O) groups excluding carboxylic acids is 3. The molecule has 3 amide bonds. The van der Waals surface area contributed by atoms with Gasteiger partial charge in [-0.3, -0.25) is 19.3 Å². The molecule has 0 radical (unpaired) electrons. The Bertz CT molecular complexity index is 1410. The molecule has 5 rings (SSSR count). The summed E-state index contributed by atoms with van der Waals surface area (Å²) in [6.45, 7) is 1.90. The summed E-state index contributed by atoms with van der Waals surface area (Å²) in [6.07, 6.45) is 9.07. The van der Waals surface area contributed by atoms with Gasteiger partial charge in [0, 0.05) is 17.8 Å². The van der Waals surface area contributed by atoms with Gasteiger partial charge in [0.25, 0.3) is 11.8 Å². The molecule has 1 heterocycles. The van der Waals surface area contributed by atoms with Crippen LogP contribution in [0.25, 0.3) is 0 Å². The number of amides is 3. The first-order valence-corrected chi connectivity index (χ1v) is 15.5. The molecule has 2 fully saturated rings. The molecule has 0 bridgehead atoms. The van der Waals surface area contributed by atoms with Crippen LogP contribution in [0.3, 0.4) is 0 Å². The molecule has 2 aliphatic carbocycles. The lowest BCUT2D eigenvalue weighted by molar-refractivity contribution is -0.123. The molecule has 0 spiro atoms. The van der Waals surface area contributed by atoms with Gasteiger partial charge in [0.15, 0.2) is 5.69 Å². The third-order valence-corrected chi connectivity index (χ3v) is 9.16. The fourth-order valence-corrected chi connectivity index (χ4v) is 6.71. The summed E-state index contributed by atoms with van der Waals surface area (Å²) in [5, 5.41) is 6.23. The second-order valence-corrected chi connectivity index (χ2v) is 12.0. The number of methoxy groups -OCH3 is 1. The summed E-state index contributed by atoms with van der Waals surface area (Å²) in [6, 6.07) is 13.7. The Morgan fingerprint density at radius 2 is 1.55 bits per heavy atom. The molecule has 222 valence electrons. The number of benzene rings is 2. The molecule has 0 saturated heterocycles. The average Bonchev–Trinajstić information content (AvgIpc) is 3.66. The Balaban J connectivity index is 1.54. The number of rotatable bonds is 9. The first-order valence-electron chi connectivity index (χ1n) is 14.8. The molecule has 1 atom stereocenters. The molecular weight excluding hydrogens is 550 g/mol. The summed E-state index contributed by atoms with van der Waals surface area (Å²) in [5.41, 5.74) is 8.57. The number of aryl methyl sites for hydroxylation is 1. The topological polar surface area (TPSA) is 127 Å². The highest BCUT2D eigenvalue weighted by Gasteiger charge is 2.38. The number of carbonyl (C=O) groups is 3. The van der Waals surface area contributed by atoms with E-state index in [0.717, 1.165) is 68.5 Å². The van der Waals surface area contributed by atoms with E-state index in [9.17, 15) is 14.4 Å². The van der Waals surface area contributed by atoms with E-state index in [1.165, 1.54) is 11.3 Å². The Labute approximate surface area is 251 Å². The van der Waals surface area contributed by atoms with Crippen LogP contribution in [0.2, 0.25) is 0 Å². The van der Waals surface area contributed by atoms with E-state index in [1.807, 2.05) is 31.2 Å². The molecule has 3 aromatic rings. The molecule has 1 unspecified atom stereocenters. The van der Waals surface area contributed by atoms with Gasteiger partial charge in [-0.1, -0.05) is 62.4 Å². The Morgan fingerprint density at radius 3 is 2.19 bits per heavy atom. The van der Waals surface area contributed by atoms with E-state index in [4.69, 9.17) is 10.5 Å². The average molecular weight is 590 g/mol. The molecule has 4 N–H and O–H groups in total. The highest BCUT2D eigenvalue weighted by molar-refractivity contribution is 7.09. The maximum absolute atomic E-state index is 14.5. The number of aromatic nitrogens is 1. The van der Waals surface area contributed by atoms with E-state index in [1.54, 1.807) is 31.4 Å². The number of nitrogens with one attached hydrogen (secondary N) is 2. The maximum Gasteiger partial charge on any atom is 0.273 e. The maximum atomic E-state index is 14.5. The molecule has 42 heavy (non-hydrogen) atoms. The molecule has 1 aromatic heterocycles. The second kappa shape index (κ2) is 13.4. The standard InChI is InChI=1S/C32H39N5O4S/c1-20-10-6-9-15-25(20)37(28(21-16-18-24(41-2)19-17-21)31(39)35-23-13-7-8-14-23)32(40)29-26(33)27(36-42-29)30(38)34-22-11-4-3-5-12-22/h6,9-10,15-19,22-23,28H,3-5,7-8,11-14,33H2,1-2H3,(H,34,38)(H,35,39). The second-order valence-electron chi connectivity index (χ2n) is 11.2. The minimum atomic E-state index is -0.994. The van der Waals surface area contributed by atoms with Gasteiger partial charge in [-0.15, -0.1) is 0 Å². The fraction of sp³-hybridized carbons (Fsp3) is 0.438. The van der Waals surface area contributed by atoms with Crippen LogP contribution in [0.5, 0.6) is 5.75 Å².